The summed E-state index contributed by atoms with van der Waals surface area (Å²) in [6.45, 7) is 8.70. The Balaban J connectivity index is 1.92. The highest BCUT2D eigenvalue weighted by Gasteiger charge is 2.15. The first-order valence-electron chi connectivity index (χ1n) is 9.61. The van der Waals surface area contributed by atoms with Crippen molar-refractivity contribution in [1.29, 1.82) is 0 Å². The number of ether oxygens (including phenoxy) is 3. The predicted octanol–water partition coefficient (Wildman–Crippen LogP) is 2.39. The smallest absolute Gasteiger partial charge is 0.337 e. The summed E-state index contributed by atoms with van der Waals surface area (Å²) in [5.74, 6) is -0.0741. The fourth-order valence-electron chi connectivity index (χ4n) is 2.67. The molecule has 7 heteroatoms. The zero-order valence-corrected chi connectivity index (χ0v) is 17.0. The van der Waals surface area contributed by atoms with Crippen LogP contribution in [0.3, 0.4) is 0 Å². The zero-order chi connectivity index (χ0) is 20.5. The van der Waals surface area contributed by atoms with Crippen LogP contribution in [-0.4, -0.2) is 43.8 Å². The average Bonchev–Trinajstić information content (AvgIpc) is 2.65. The van der Waals surface area contributed by atoms with Gasteiger partial charge in [-0.25, -0.2) is 4.79 Å². The third kappa shape index (κ3) is 7.32. The van der Waals surface area contributed by atoms with Crippen LogP contribution in [0.25, 0.3) is 5.57 Å². The number of hydrogen-bond donors (Lipinski definition) is 2. The Kier molecular flexibility index (Phi) is 8.47. The number of nitrogens with one attached hydrogen (secondary N) is 2. The number of carbonyl (C=O) groups excluding carboxylic acids is 2. The lowest BCUT2D eigenvalue weighted by molar-refractivity contribution is -0.141. The molecule has 0 fully saturated rings. The van der Waals surface area contributed by atoms with Crippen LogP contribution in [-0.2, 0) is 25.6 Å². The van der Waals surface area contributed by atoms with Crippen LogP contribution in [0.4, 0.5) is 0 Å². The summed E-state index contributed by atoms with van der Waals surface area (Å²) in [5, 5.41) is 6.09. The fourth-order valence-corrected chi connectivity index (χ4v) is 2.67. The number of fused-ring (bicyclic) bond motifs is 1. The lowest BCUT2D eigenvalue weighted by atomic mass is 9.95. The van der Waals surface area contributed by atoms with Crippen molar-refractivity contribution in [3.63, 3.8) is 0 Å². The summed E-state index contributed by atoms with van der Waals surface area (Å²) in [6.07, 6.45) is 2.58. The van der Waals surface area contributed by atoms with E-state index in [2.05, 4.69) is 10.6 Å². The lowest BCUT2D eigenvalue weighted by Gasteiger charge is -2.20. The minimum Gasteiger partial charge on any atom is -0.425 e. The van der Waals surface area contributed by atoms with Gasteiger partial charge in [0.1, 0.15) is 19.0 Å². The van der Waals surface area contributed by atoms with E-state index < -0.39 is 5.97 Å². The second kappa shape index (κ2) is 10.8. The maximum Gasteiger partial charge on any atom is 0.337 e. The Labute approximate surface area is 166 Å². The molecule has 1 aliphatic rings. The highest BCUT2D eigenvalue weighted by molar-refractivity contribution is 5.78. The van der Waals surface area contributed by atoms with Gasteiger partial charge >= 0.3 is 5.97 Å². The van der Waals surface area contributed by atoms with Crippen molar-refractivity contribution >= 4 is 17.4 Å². The second-order valence-electron chi connectivity index (χ2n) is 7.16. The van der Waals surface area contributed by atoms with Crippen molar-refractivity contribution in [3.05, 3.63) is 35.5 Å². The maximum atomic E-state index is 11.9. The first kappa shape index (κ1) is 21.9. The number of carbonyl (C=O) groups is 2. The summed E-state index contributed by atoms with van der Waals surface area (Å²) >= 11 is 0. The van der Waals surface area contributed by atoms with Gasteiger partial charge in [-0.2, -0.15) is 0 Å². The van der Waals surface area contributed by atoms with Gasteiger partial charge in [0.05, 0.1) is 12.2 Å². The first-order chi connectivity index (χ1) is 13.3. The predicted molar refractivity (Wildman–Crippen MR) is 107 cm³/mol. The summed E-state index contributed by atoms with van der Waals surface area (Å²) < 4.78 is 15.9. The summed E-state index contributed by atoms with van der Waals surface area (Å²) in [7, 11) is 0. The van der Waals surface area contributed by atoms with Crippen LogP contribution in [0.15, 0.2) is 24.4 Å². The van der Waals surface area contributed by atoms with Crippen molar-refractivity contribution in [2.45, 2.75) is 52.9 Å². The average molecular weight is 390 g/mol. The molecule has 1 heterocycles. The van der Waals surface area contributed by atoms with Gasteiger partial charge in [0, 0.05) is 19.3 Å². The van der Waals surface area contributed by atoms with Gasteiger partial charge in [0.15, 0.2) is 0 Å². The molecule has 0 atom stereocenters. The molecule has 0 bridgehead atoms. The third-order valence-electron chi connectivity index (χ3n) is 4.03. The molecule has 0 aromatic heterocycles. The Bertz CT molecular complexity index is 713. The van der Waals surface area contributed by atoms with Gasteiger partial charge in [-0.3, -0.25) is 4.79 Å². The van der Waals surface area contributed by atoms with E-state index in [0.717, 1.165) is 16.7 Å². The van der Waals surface area contributed by atoms with Crippen LogP contribution in [0.5, 0.6) is 5.75 Å². The molecule has 28 heavy (non-hydrogen) atoms. The maximum absolute atomic E-state index is 11.9. The first-order valence-corrected chi connectivity index (χ1v) is 9.61. The van der Waals surface area contributed by atoms with Crippen molar-refractivity contribution in [2.75, 3.05) is 19.8 Å². The highest BCUT2D eigenvalue weighted by atomic mass is 16.6. The van der Waals surface area contributed by atoms with Crippen LogP contribution in [0.2, 0.25) is 0 Å². The SMILES string of the molecule is CC(C)OCC(=O)NCCC1=CNCc2ccc(OC(=O)COC(C)C)cc21. The van der Waals surface area contributed by atoms with Gasteiger partial charge in [0.25, 0.3) is 0 Å². The minimum atomic E-state index is -0.425. The molecule has 1 aliphatic heterocycles. The van der Waals surface area contributed by atoms with E-state index >= 15 is 0 Å². The fraction of sp³-hybridized carbons (Fsp3) is 0.524. The van der Waals surface area contributed by atoms with Gasteiger partial charge in [0.2, 0.25) is 5.91 Å². The highest BCUT2D eigenvalue weighted by Crippen LogP contribution is 2.29. The molecule has 1 aromatic carbocycles. The Morgan fingerprint density at radius 2 is 1.82 bits per heavy atom. The summed E-state index contributed by atoms with van der Waals surface area (Å²) in [6, 6.07) is 5.58. The quantitative estimate of drug-likeness (QED) is 0.471. The van der Waals surface area contributed by atoms with Crippen molar-refractivity contribution < 1.29 is 23.8 Å². The van der Waals surface area contributed by atoms with E-state index in [0.29, 0.717) is 25.3 Å². The van der Waals surface area contributed by atoms with E-state index in [4.69, 9.17) is 14.2 Å². The number of benzene rings is 1. The molecular weight excluding hydrogens is 360 g/mol. The van der Waals surface area contributed by atoms with E-state index in [1.165, 1.54) is 0 Å². The van der Waals surface area contributed by atoms with E-state index in [9.17, 15) is 9.59 Å². The third-order valence-corrected chi connectivity index (χ3v) is 4.03. The largest absolute Gasteiger partial charge is 0.425 e. The molecule has 0 saturated carbocycles. The Morgan fingerprint density at radius 1 is 1.11 bits per heavy atom. The molecule has 0 spiro atoms. The molecule has 0 aliphatic carbocycles. The van der Waals surface area contributed by atoms with Crippen LogP contribution in [0.1, 0.15) is 45.2 Å². The van der Waals surface area contributed by atoms with E-state index in [1.54, 1.807) is 6.07 Å². The Morgan fingerprint density at radius 3 is 2.54 bits per heavy atom. The molecule has 7 nitrogen and oxygen atoms in total. The van der Waals surface area contributed by atoms with Gasteiger partial charge in [-0.05, 0) is 62.9 Å². The minimum absolute atomic E-state index is 0.0231. The molecule has 0 radical (unpaired) electrons. The lowest BCUT2D eigenvalue weighted by Crippen LogP contribution is -2.30. The summed E-state index contributed by atoms with van der Waals surface area (Å²) in [4.78, 5) is 23.7. The monoisotopic (exact) mass is 390 g/mol. The van der Waals surface area contributed by atoms with E-state index in [1.807, 2.05) is 46.0 Å². The molecular formula is C21H30N2O5. The van der Waals surface area contributed by atoms with Gasteiger partial charge in [-0.15, -0.1) is 0 Å². The second-order valence-corrected chi connectivity index (χ2v) is 7.16. The van der Waals surface area contributed by atoms with Gasteiger partial charge in [-0.1, -0.05) is 6.07 Å². The number of amides is 1. The number of esters is 1. The van der Waals surface area contributed by atoms with Crippen LogP contribution < -0.4 is 15.4 Å². The molecule has 0 unspecified atom stereocenters. The van der Waals surface area contributed by atoms with Crippen LogP contribution >= 0.6 is 0 Å². The van der Waals surface area contributed by atoms with Crippen molar-refractivity contribution in [2.24, 2.45) is 0 Å². The summed E-state index contributed by atoms with van der Waals surface area (Å²) in [5.41, 5.74) is 3.18. The molecule has 1 aromatic rings. The standard InChI is InChI=1S/C21H30N2O5/c1-14(2)26-12-20(24)23-8-7-17-11-22-10-16-5-6-18(9-19(16)17)28-21(25)13-27-15(3)4/h5-6,9,11,14-15,22H,7-8,10,12-13H2,1-4H3,(H,23,24). The Hall–Kier alpha value is -2.38. The normalized spacial score (nSPS) is 13.0. The number of rotatable bonds is 10. The van der Waals surface area contributed by atoms with E-state index in [-0.39, 0.29) is 31.3 Å². The molecule has 154 valence electrons. The topological polar surface area (TPSA) is 85.9 Å². The van der Waals surface area contributed by atoms with Crippen molar-refractivity contribution in [1.82, 2.24) is 10.6 Å². The molecule has 2 N–H and O–H groups in total. The molecule has 0 saturated heterocycles. The number of hydrogen-bond acceptors (Lipinski definition) is 6. The molecule has 1 amide bonds. The van der Waals surface area contributed by atoms with Gasteiger partial charge < -0.3 is 24.8 Å². The van der Waals surface area contributed by atoms with Crippen LogP contribution in [0, 0.1) is 0 Å². The molecule has 2 rings (SSSR count). The zero-order valence-electron chi connectivity index (χ0n) is 17.0. The van der Waals surface area contributed by atoms with Crippen molar-refractivity contribution in [3.8, 4) is 5.75 Å².